The molecule has 4 bridgehead atoms. The number of thiocarbonyl (C=S) groups is 1. The lowest BCUT2D eigenvalue weighted by Gasteiger charge is -2.63. The second kappa shape index (κ2) is 5.79. The van der Waals surface area contributed by atoms with Crippen LogP contribution in [0.3, 0.4) is 0 Å². The Labute approximate surface area is 161 Å². The molecule has 4 aliphatic carbocycles. The molecule has 0 saturated heterocycles. The molecular weight excluding hydrogens is 334 g/mol. The van der Waals surface area contributed by atoms with Crippen molar-refractivity contribution >= 4 is 23.3 Å². The molecule has 0 aromatic heterocycles. The number of hydrogen-bond acceptors (Lipinski definition) is 1. The highest BCUT2D eigenvalue weighted by Gasteiger charge is 2.60. The standard InChI is InChI=1S/C24H25NS/c25-22(26)24-14-18-12-23(16-24,20-9-5-2-6-10-20)13-19(15-24)21(18)11-17-7-3-1-4-8-17/h1-11,18-19H,12-16H2,(H2,25,26). The zero-order valence-corrected chi connectivity index (χ0v) is 15.8. The van der Waals surface area contributed by atoms with Crippen molar-refractivity contribution in [2.75, 3.05) is 0 Å². The maximum absolute atomic E-state index is 6.34. The smallest absolute Gasteiger partial charge is 0.0790 e. The molecule has 0 aliphatic heterocycles. The third-order valence-electron chi connectivity index (χ3n) is 7.21. The van der Waals surface area contributed by atoms with Crippen LogP contribution < -0.4 is 5.73 Å². The summed E-state index contributed by atoms with van der Waals surface area (Å²) in [5.41, 5.74) is 11.1. The lowest BCUT2D eigenvalue weighted by atomic mass is 9.41. The van der Waals surface area contributed by atoms with Crippen LogP contribution in [0.1, 0.15) is 43.2 Å². The normalized spacial score (nSPS) is 34.7. The third kappa shape index (κ3) is 2.39. The Morgan fingerprint density at radius 2 is 1.46 bits per heavy atom. The predicted octanol–water partition coefficient (Wildman–Crippen LogP) is 5.50. The maximum Gasteiger partial charge on any atom is 0.0790 e. The number of rotatable bonds is 3. The van der Waals surface area contributed by atoms with Gasteiger partial charge in [-0.05, 0) is 60.5 Å². The van der Waals surface area contributed by atoms with Crippen LogP contribution in [0.5, 0.6) is 0 Å². The molecule has 0 spiro atoms. The molecule has 2 aromatic rings. The predicted molar refractivity (Wildman–Crippen MR) is 112 cm³/mol. The summed E-state index contributed by atoms with van der Waals surface area (Å²) in [4.78, 5) is 0.756. The van der Waals surface area contributed by atoms with Crippen LogP contribution in [0.25, 0.3) is 6.08 Å². The van der Waals surface area contributed by atoms with E-state index in [9.17, 15) is 0 Å². The minimum Gasteiger partial charge on any atom is -0.393 e. The molecule has 0 radical (unpaired) electrons. The minimum atomic E-state index is 0.0606. The number of allylic oxidation sites excluding steroid dienone is 1. The van der Waals surface area contributed by atoms with Crippen molar-refractivity contribution in [2.45, 2.75) is 37.5 Å². The van der Waals surface area contributed by atoms with E-state index in [1.807, 2.05) is 0 Å². The van der Waals surface area contributed by atoms with Crippen molar-refractivity contribution in [3.8, 4) is 0 Å². The summed E-state index contributed by atoms with van der Waals surface area (Å²) < 4.78 is 0. The quantitative estimate of drug-likeness (QED) is 0.732. The molecular formula is C24H25NS. The molecule has 2 atom stereocenters. The first-order chi connectivity index (χ1) is 12.6. The molecule has 2 aromatic carbocycles. The van der Waals surface area contributed by atoms with Crippen LogP contribution >= 0.6 is 12.2 Å². The summed E-state index contributed by atoms with van der Waals surface area (Å²) in [6, 6.07) is 21.9. The molecule has 132 valence electrons. The monoisotopic (exact) mass is 359 g/mol. The lowest BCUT2D eigenvalue weighted by molar-refractivity contribution is 0.00839. The molecule has 1 nitrogen and oxygen atoms in total. The second-order valence-electron chi connectivity index (χ2n) is 8.73. The first-order valence-electron chi connectivity index (χ1n) is 9.72. The van der Waals surface area contributed by atoms with E-state index in [-0.39, 0.29) is 10.8 Å². The van der Waals surface area contributed by atoms with Crippen molar-refractivity contribution in [1.82, 2.24) is 0 Å². The van der Waals surface area contributed by atoms with E-state index >= 15 is 0 Å². The largest absolute Gasteiger partial charge is 0.393 e. The molecule has 0 heterocycles. The summed E-state index contributed by atoms with van der Waals surface area (Å²) in [6.07, 6.45) is 8.38. The van der Waals surface area contributed by atoms with Gasteiger partial charge in [-0.2, -0.15) is 0 Å². The fourth-order valence-corrected chi connectivity index (χ4v) is 6.57. The van der Waals surface area contributed by atoms with Crippen LogP contribution in [-0.2, 0) is 5.41 Å². The van der Waals surface area contributed by atoms with E-state index in [0.29, 0.717) is 11.8 Å². The zero-order valence-electron chi connectivity index (χ0n) is 15.0. The van der Waals surface area contributed by atoms with Gasteiger partial charge in [-0.25, -0.2) is 0 Å². The molecule has 2 N–H and O–H groups in total. The molecule has 4 fully saturated rings. The van der Waals surface area contributed by atoms with Crippen LogP contribution in [0.2, 0.25) is 0 Å². The summed E-state index contributed by atoms with van der Waals surface area (Å²) in [5, 5.41) is 0. The van der Waals surface area contributed by atoms with E-state index in [0.717, 1.165) is 24.3 Å². The highest BCUT2D eigenvalue weighted by atomic mass is 32.1. The number of hydrogen-bond donors (Lipinski definition) is 1. The fourth-order valence-electron chi connectivity index (χ4n) is 6.33. The maximum atomic E-state index is 6.34. The first kappa shape index (κ1) is 16.3. The fraction of sp³-hybridized carbons (Fsp3) is 0.375. The Balaban J connectivity index is 1.59. The summed E-state index contributed by atoms with van der Waals surface area (Å²) in [5.74, 6) is 1.22. The molecule has 0 amide bonds. The molecule has 2 unspecified atom stereocenters. The third-order valence-corrected chi connectivity index (χ3v) is 7.64. The average Bonchev–Trinajstić information content (AvgIpc) is 2.66. The van der Waals surface area contributed by atoms with Crippen LogP contribution in [0.15, 0.2) is 66.2 Å². The zero-order chi connectivity index (χ0) is 17.8. The molecule has 4 aliphatic rings. The van der Waals surface area contributed by atoms with Gasteiger partial charge in [-0.15, -0.1) is 0 Å². The summed E-state index contributed by atoms with van der Waals surface area (Å²) >= 11 is 5.61. The molecule has 6 rings (SSSR count). The summed E-state index contributed by atoms with van der Waals surface area (Å²) in [7, 11) is 0. The first-order valence-corrected chi connectivity index (χ1v) is 10.1. The van der Waals surface area contributed by atoms with E-state index < -0.39 is 0 Å². The number of nitrogens with two attached hydrogens (primary N) is 1. The Morgan fingerprint density at radius 3 is 2.04 bits per heavy atom. The van der Waals surface area contributed by atoms with Gasteiger partial charge in [0, 0.05) is 5.41 Å². The van der Waals surface area contributed by atoms with E-state index in [1.54, 1.807) is 5.57 Å². The number of benzene rings is 2. The van der Waals surface area contributed by atoms with Gasteiger partial charge in [0.15, 0.2) is 0 Å². The van der Waals surface area contributed by atoms with Gasteiger partial charge >= 0.3 is 0 Å². The van der Waals surface area contributed by atoms with E-state index in [2.05, 4.69) is 66.7 Å². The highest BCUT2D eigenvalue weighted by molar-refractivity contribution is 7.80. The van der Waals surface area contributed by atoms with E-state index in [1.165, 1.54) is 24.0 Å². The lowest BCUT2D eigenvalue weighted by Crippen LogP contribution is -2.58. The van der Waals surface area contributed by atoms with Crippen molar-refractivity contribution in [3.63, 3.8) is 0 Å². The SMILES string of the molecule is NC(=S)C12CC3CC(c4ccccc4)(CC(C1)C3=Cc1ccccc1)C2. The van der Waals surface area contributed by atoms with Gasteiger partial charge in [0.25, 0.3) is 0 Å². The molecule has 4 saturated carbocycles. The highest BCUT2D eigenvalue weighted by Crippen LogP contribution is 2.67. The van der Waals surface area contributed by atoms with Gasteiger partial charge in [0.1, 0.15) is 0 Å². The van der Waals surface area contributed by atoms with Crippen LogP contribution in [0, 0.1) is 17.3 Å². The van der Waals surface area contributed by atoms with Crippen LogP contribution in [0.4, 0.5) is 0 Å². The Morgan fingerprint density at radius 1 is 0.885 bits per heavy atom. The van der Waals surface area contributed by atoms with Crippen molar-refractivity contribution < 1.29 is 0 Å². The van der Waals surface area contributed by atoms with E-state index in [4.69, 9.17) is 18.0 Å². The van der Waals surface area contributed by atoms with Gasteiger partial charge < -0.3 is 5.73 Å². The van der Waals surface area contributed by atoms with Crippen molar-refractivity contribution in [2.24, 2.45) is 23.0 Å². The summed E-state index contributed by atoms with van der Waals surface area (Å²) in [6.45, 7) is 0. The minimum absolute atomic E-state index is 0.0606. The molecule has 26 heavy (non-hydrogen) atoms. The Bertz CT molecular complexity index is 850. The average molecular weight is 360 g/mol. The Hall–Kier alpha value is -1.93. The van der Waals surface area contributed by atoms with Gasteiger partial charge in [0.05, 0.1) is 4.99 Å². The van der Waals surface area contributed by atoms with Gasteiger partial charge in [-0.1, -0.05) is 84.5 Å². The van der Waals surface area contributed by atoms with Crippen molar-refractivity contribution in [3.05, 3.63) is 77.4 Å². The molecule has 2 heteroatoms. The topological polar surface area (TPSA) is 26.0 Å². The van der Waals surface area contributed by atoms with Gasteiger partial charge in [-0.3, -0.25) is 0 Å². The van der Waals surface area contributed by atoms with Crippen LogP contribution in [-0.4, -0.2) is 4.99 Å². The Kier molecular flexibility index (Phi) is 3.62. The second-order valence-corrected chi connectivity index (χ2v) is 9.17. The van der Waals surface area contributed by atoms with Gasteiger partial charge in [0.2, 0.25) is 0 Å². The van der Waals surface area contributed by atoms with Crippen molar-refractivity contribution in [1.29, 1.82) is 0 Å².